The van der Waals surface area contributed by atoms with E-state index in [4.69, 9.17) is 4.74 Å². The Bertz CT molecular complexity index is 1210. The van der Waals surface area contributed by atoms with E-state index in [-0.39, 0.29) is 5.56 Å². The number of rotatable bonds is 7. The summed E-state index contributed by atoms with van der Waals surface area (Å²) in [6, 6.07) is 19.1. The van der Waals surface area contributed by atoms with Crippen LogP contribution in [0.1, 0.15) is 16.8 Å². The average Bonchev–Trinajstić information content (AvgIpc) is 3.18. The van der Waals surface area contributed by atoms with Crippen LogP contribution in [0.5, 0.6) is 5.75 Å². The quantitative estimate of drug-likeness (QED) is 0.386. The van der Waals surface area contributed by atoms with E-state index in [1.807, 2.05) is 48.5 Å². The Kier molecular flexibility index (Phi) is 6.39. The first kappa shape index (κ1) is 20.5. The normalized spacial score (nSPS) is 10.9. The standard InChI is InChI=1S/C21H17Br2N5O2/c22-16-7-10-19(30-13-14-4-2-1-3-5-14)15(12-16)6-8-17-18(9-11-20(29)24-17)28-26-21(23)25-27-28/h1-5,7,9-12H,6,8,13H2,(H,24,29). The van der Waals surface area contributed by atoms with Crippen molar-refractivity contribution >= 4 is 31.9 Å². The second kappa shape index (κ2) is 9.36. The molecule has 0 aliphatic carbocycles. The third kappa shape index (κ3) is 5.03. The molecule has 1 N–H and O–H groups in total. The van der Waals surface area contributed by atoms with Crippen molar-refractivity contribution in [3.8, 4) is 11.4 Å². The predicted molar refractivity (Wildman–Crippen MR) is 120 cm³/mol. The van der Waals surface area contributed by atoms with Crippen molar-refractivity contribution in [2.24, 2.45) is 0 Å². The molecule has 2 aromatic heterocycles. The topological polar surface area (TPSA) is 85.7 Å². The largest absolute Gasteiger partial charge is 0.489 e. The zero-order valence-electron chi connectivity index (χ0n) is 15.8. The van der Waals surface area contributed by atoms with Crippen molar-refractivity contribution < 1.29 is 4.74 Å². The number of aryl methyl sites for hydroxylation is 2. The van der Waals surface area contributed by atoms with Crippen LogP contribution in [0.3, 0.4) is 0 Å². The summed E-state index contributed by atoms with van der Waals surface area (Å²) in [6.07, 6.45) is 1.23. The minimum atomic E-state index is -0.178. The fraction of sp³-hybridized carbons (Fsp3) is 0.143. The molecule has 0 amide bonds. The number of nitrogens with zero attached hydrogens (tertiary/aromatic N) is 4. The average molecular weight is 531 g/mol. The molecule has 0 fully saturated rings. The van der Waals surface area contributed by atoms with Crippen LogP contribution in [-0.2, 0) is 19.4 Å². The molecular formula is C21H17Br2N5O2. The summed E-state index contributed by atoms with van der Waals surface area (Å²) in [7, 11) is 0. The van der Waals surface area contributed by atoms with Gasteiger partial charge in [-0.1, -0.05) is 46.3 Å². The first-order valence-corrected chi connectivity index (χ1v) is 10.8. The molecule has 0 atom stereocenters. The molecule has 0 unspecified atom stereocenters. The van der Waals surface area contributed by atoms with Gasteiger partial charge >= 0.3 is 0 Å². The lowest BCUT2D eigenvalue weighted by Gasteiger charge is -2.13. The summed E-state index contributed by atoms with van der Waals surface area (Å²) in [5, 5.41) is 12.0. The van der Waals surface area contributed by atoms with E-state index in [1.54, 1.807) is 6.07 Å². The number of ether oxygens (including phenoxy) is 1. The molecule has 152 valence electrons. The van der Waals surface area contributed by atoms with Crippen molar-refractivity contribution in [1.82, 2.24) is 25.2 Å². The highest BCUT2D eigenvalue weighted by Gasteiger charge is 2.12. The lowest BCUT2D eigenvalue weighted by molar-refractivity contribution is 0.303. The molecular weight excluding hydrogens is 514 g/mol. The van der Waals surface area contributed by atoms with E-state index in [1.165, 1.54) is 10.9 Å². The van der Waals surface area contributed by atoms with Crippen molar-refractivity contribution in [2.45, 2.75) is 19.4 Å². The lowest BCUT2D eigenvalue weighted by atomic mass is 10.1. The van der Waals surface area contributed by atoms with Crippen molar-refractivity contribution in [2.75, 3.05) is 0 Å². The zero-order valence-corrected chi connectivity index (χ0v) is 18.9. The highest BCUT2D eigenvalue weighted by Crippen LogP contribution is 2.26. The highest BCUT2D eigenvalue weighted by molar-refractivity contribution is 9.10. The molecule has 2 heterocycles. The number of hydrogen-bond acceptors (Lipinski definition) is 5. The fourth-order valence-electron chi connectivity index (χ4n) is 3.07. The van der Waals surface area contributed by atoms with Gasteiger partial charge in [0.1, 0.15) is 18.0 Å². The summed E-state index contributed by atoms with van der Waals surface area (Å²) >= 11 is 6.73. The van der Waals surface area contributed by atoms with Gasteiger partial charge in [0.05, 0.1) is 0 Å². The van der Waals surface area contributed by atoms with E-state index < -0.39 is 0 Å². The van der Waals surface area contributed by atoms with Crippen LogP contribution in [0, 0.1) is 0 Å². The third-order valence-corrected chi connectivity index (χ3v) is 5.30. The number of aromatic nitrogens is 5. The minimum absolute atomic E-state index is 0.178. The minimum Gasteiger partial charge on any atom is -0.489 e. The lowest BCUT2D eigenvalue weighted by Crippen LogP contribution is -2.14. The van der Waals surface area contributed by atoms with E-state index >= 15 is 0 Å². The molecule has 0 saturated heterocycles. The molecule has 4 aromatic rings. The molecule has 0 aliphatic heterocycles. The molecule has 9 heteroatoms. The van der Waals surface area contributed by atoms with Gasteiger partial charge in [0.2, 0.25) is 10.3 Å². The molecule has 0 bridgehead atoms. The van der Waals surface area contributed by atoms with Gasteiger partial charge in [0.25, 0.3) is 0 Å². The second-order valence-electron chi connectivity index (χ2n) is 6.56. The number of pyridine rings is 1. The number of halogens is 2. The van der Waals surface area contributed by atoms with E-state index in [0.29, 0.717) is 29.9 Å². The summed E-state index contributed by atoms with van der Waals surface area (Å²) in [5.41, 5.74) is 3.35. The Balaban J connectivity index is 1.56. The number of nitrogens with one attached hydrogen (secondary N) is 1. The van der Waals surface area contributed by atoms with Gasteiger partial charge in [0.15, 0.2) is 0 Å². The van der Waals surface area contributed by atoms with Gasteiger partial charge in [-0.2, -0.15) is 0 Å². The SMILES string of the molecule is O=c1ccc(-n2nnc(Br)n2)c(CCc2cc(Br)ccc2OCc2ccccc2)[nH]1. The Morgan fingerprint density at radius 3 is 2.60 bits per heavy atom. The fourth-order valence-corrected chi connectivity index (χ4v) is 3.70. The van der Waals surface area contributed by atoms with Crippen LogP contribution in [-0.4, -0.2) is 25.2 Å². The molecule has 30 heavy (non-hydrogen) atoms. The van der Waals surface area contributed by atoms with Crippen LogP contribution in [0.4, 0.5) is 0 Å². The molecule has 0 saturated carbocycles. The summed E-state index contributed by atoms with van der Waals surface area (Å²) in [6.45, 7) is 0.486. The molecule has 2 aromatic carbocycles. The Labute approximate surface area is 189 Å². The number of hydrogen-bond donors (Lipinski definition) is 1. The summed E-state index contributed by atoms with van der Waals surface area (Å²) < 4.78 is 7.41. The smallest absolute Gasteiger partial charge is 0.248 e. The van der Waals surface area contributed by atoms with Gasteiger partial charge < -0.3 is 9.72 Å². The monoisotopic (exact) mass is 529 g/mol. The van der Waals surface area contributed by atoms with Gasteiger partial charge in [-0.05, 0) is 69.4 Å². The van der Waals surface area contributed by atoms with Crippen molar-refractivity contribution in [1.29, 1.82) is 0 Å². The number of tetrazole rings is 1. The summed E-state index contributed by atoms with van der Waals surface area (Å²) in [5.74, 6) is 0.809. The first-order chi connectivity index (χ1) is 14.6. The maximum Gasteiger partial charge on any atom is 0.248 e. The van der Waals surface area contributed by atoms with Crippen LogP contribution >= 0.6 is 31.9 Å². The zero-order chi connectivity index (χ0) is 20.9. The Morgan fingerprint density at radius 2 is 1.83 bits per heavy atom. The number of benzene rings is 2. The van der Waals surface area contributed by atoms with Crippen molar-refractivity contribution in [3.05, 3.63) is 97.0 Å². The Morgan fingerprint density at radius 1 is 1.00 bits per heavy atom. The van der Waals surface area contributed by atoms with Gasteiger partial charge in [-0.15, -0.1) is 15.0 Å². The molecule has 4 rings (SSSR count). The molecule has 0 spiro atoms. The van der Waals surface area contributed by atoms with Crippen molar-refractivity contribution in [3.63, 3.8) is 0 Å². The summed E-state index contributed by atoms with van der Waals surface area (Å²) in [4.78, 5) is 16.2. The molecule has 7 nitrogen and oxygen atoms in total. The number of H-pyrrole nitrogens is 1. The number of aromatic amines is 1. The maximum atomic E-state index is 11.9. The van der Waals surface area contributed by atoms with Crippen LogP contribution in [0.2, 0.25) is 0 Å². The van der Waals surface area contributed by atoms with E-state index in [0.717, 1.165) is 27.0 Å². The van der Waals surface area contributed by atoms with E-state index in [9.17, 15) is 4.79 Å². The van der Waals surface area contributed by atoms with Gasteiger partial charge in [-0.3, -0.25) is 4.79 Å². The van der Waals surface area contributed by atoms with E-state index in [2.05, 4.69) is 52.3 Å². The second-order valence-corrected chi connectivity index (χ2v) is 8.19. The highest BCUT2D eigenvalue weighted by atomic mass is 79.9. The molecule has 0 radical (unpaired) electrons. The Hall–Kier alpha value is -2.78. The third-order valence-electron chi connectivity index (χ3n) is 4.48. The molecule has 0 aliphatic rings. The van der Waals surface area contributed by atoms with Crippen LogP contribution in [0.25, 0.3) is 5.69 Å². The van der Waals surface area contributed by atoms with Crippen LogP contribution in [0.15, 0.2) is 74.7 Å². The van der Waals surface area contributed by atoms with Gasteiger partial charge in [-0.25, -0.2) is 0 Å². The predicted octanol–water partition coefficient (Wildman–Crippen LogP) is 4.24. The van der Waals surface area contributed by atoms with Crippen LogP contribution < -0.4 is 10.3 Å². The maximum absolute atomic E-state index is 11.9. The van der Waals surface area contributed by atoms with Gasteiger partial charge in [0, 0.05) is 16.2 Å². The first-order valence-electron chi connectivity index (χ1n) is 9.22.